The Hall–Kier alpha value is -3.28. The summed E-state index contributed by atoms with van der Waals surface area (Å²) in [6.07, 6.45) is 9.23. The van der Waals surface area contributed by atoms with Crippen LogP contribution in [-0.2, 0) is 17.8 Å². The summed E-state index contributed by atoms with van der Waals surface area (Å²) in [5.41, 5.74) is 3.20. The molecule has 1 saturated carbocycles. The van der Waals surface area contributed by atoms with Crippen LogP contribution in [0, 0.1) is 0 Å². The van der Waals surface area contributed by atoms with Gasteiger partial charge in [-0.1, -0.05) is 43.5 Å². The fourth-order valence-corrected chi connectivity index (χ4v) is 5.66. The van der Waals surface area contributed by atoms with Gasteiger partial charge >= 0.3 is 0 Å². The van der Waals surface area contributed by atoms with Crippen LogP contribution in [0.25, 0.3) is 11.0 Å². The van der Waals surface area contributed by atoms with Gasteiger partial charge in [-0.05, 0) is 49.1 Å². The predicted octanol–water partition coefficient (Wildman–Crippen LogP) is 5.50. The third kappa shape index (κ3) is 4.93. The highest BCUT2D eigenvalue weighted by Crippen LogP contribution is 2.35. The third-order valence-electron chi connectivity index (χ3n) is 7.40. The first-order valence-electron chi connectivity index (χ1n) is 12.8. The molecule has 0 radical (unpaired) electrons. The summed E-state index contributed by atoms with van der Waals surface area (Å²) in [7, 11) is 1.66. The van der Waals surface area contributed by atoms with E-state index >= 15 is 0 Å². The van der Waals surface area contributed by atoms with Crippen LogP contribution in [0.1, 0.15) is 55.8 Å². The maximum absolute atomic E-state index is 13.0. The average Bonchev–Trinajstić information content (AvgIpc) is 3.46. The van der Waals surface area contributed by atoms with Crippen molar-refractivity contribution in [1.29, 1.82) is 0 Å². The van der Waals surface area contributed by atoms with Gasteiger partial charge in [0.1, 0.15) is 12.4 Å². The molecule has 1 unspecified atom stereocenters. The molecule has 2 heterocycles. The van der Waals surface area contributed by atoms with E-state index in [0.717, 1.165) is 59.7 Å². The SMILES string of the molecule is C=CCc1ccc(OCCn2c(C3CC(=O)N(C4CCCCC4)C3)nc3ccccc32)c(OC)c1. The fraction of sp³-hybridized carbons (Fsp3) is 0.448. The quantitative estimate of drug-likeness (QED) is 0.385. The number of carbonyl (C=O) groups is 1. The highest BCUT2D eigenvalue weighted by atomic mass is 16.5. The molecule has 3 aromatic rings. The Kier molecular flexibility index (Phi) is 7.07. The Labute approximate surface area is 207 Å². The summed E-state index contributed by atoms with van der Waals surface area (Å²) in [6, 6.07) is 14.6. The first kappa shape index (κ1) is 23.5. The van der Waals surface area contributed by atoms with E-state index in [1.54, 1.807) is 7.11 Å². The van der Waals surface area contributed by atoms with E-state index < -0.39 is 0 Å². The minimum absolute atomic E-state index is 0.115. The van der Waals surface area contributed by atoms with Crippen molar-refractivity contribution < 1.29 is 14.3 Å². The molecule has 2 aliphatic rings. The normalized spacial score (nSPS) is 18.8. The number of fused-ring (bicyclic) bond motifs is 1. The molecule has 1 atom stereocenters. The standard InChI is InChI=1S/C29H35N3O3/c1-3-9-21-14-15-26(27(18-21)34-2)35-17-16-31-25-13-8-7-12-24(25)30-29(31)22-19-28(33)32(20-22)23-10-5-4-6-11-23/h3,7-8,12-15,18,22-23H,1,4-6,9-11,16-17,19-20H2,2H3. The van der Waals surface area contributed by atoms with Crippen molar-refractivity contribution >= 4 is 16.9 Å². The van der Waals surface area contributed by atoms with E-state index in [9.17, 15) is 4.79 Å². The Morgan fingerprint density at radius 2 is 1.94 bits per heavy atom. The summed E-state index contributed by atoms with van der Waals surface area (Å²) in [5, 5.41) is 0. The molecule has 0 bridgehead atoms. The average molecular weight is 474 g/mol. The molecule has 1 aliphatic heterocycles. The molecule has 0 spiro atoms. The van der Waals surface area contributed by atoms with Gasteiger partial charge in [-0.2, -0.15) is 0 Å². The second-order valence-electron chi connectivity index (χ2n) is 9.68. The summed E-state index contributed by atoms with van der Waals surface area (Å²) in [6.45, 7) is 5.72. The van der Waals surface area contributed by atoms with Crippen LogP contribution in [0.4, 0.5) is 0 Å². The Balaban J connectivity index is 1.34. The Morgan fingerprint density at radius 3 is 2.74 bits per heavy atom. The van der Waals surface area contributed by atoms with E-state index in [-0.39, 0.29) is 11.8 Å². The Morgan fingerprint density at radius 1 is 1.11 bits per heavy atom. The first-order valence-corrected chi connectivity index (χ1v) is 12.8. The molecule has 0 N–H and O–H groups in total. The maximum atomic E-state index is 13.0. The second-order valence-corrected chi connectivity index (χ2v) is 9.68. The molecule has 1 aliphatic carbocycles. The summed E-state index contributed by atoms with van der Waals surface area (Å²) in [4.78, 5) is 20.1. The van der Waals surface area contributed by atoms with Gasteiger partial charge in [0, 0.05) is 24.9 Å². The van der Waals surface area contributed by atoms with Crippen molar-refractivity contribution in [3.05, 3.63) is 66.5 Å². The van der Waals surface area contributed by atoms with Gasteiger partial charge < -0.3 is 18.9 Å². The van der Waals surface area contributed by atoms with Crippen molar-refractivity contribution in [2.24, 2.45) is 0 Å². The van der Waals surface area contributed by atoms with Crippen LogP contribution in [-0.4, -0.2) is 46.7 Å². The zero-order valence-electron chi connectivity index (χ0n) is 20.6. The molecule has 1 amide bonds. The number of hydrogen-bond acceptors (Lipinski definition) is 4. The van der Waals surface area contributed by atoms with Crippen molar-refractivity contribution in [3.8, 4) is 11.5 Å². The Bertz CT molecular complexity index is 1200. The maximum Gasteiger partial charge on any atom is 0.223 e. The topological polar surface area (TPSA) is 56.6 Å². The lowest BCUT2D eigenvalue weighted by Crippen LogP contribution is -2.37. The zero-order valence-corrected chi connectivity index (χ0v) is 20.6. The number of rotatable bonds is 9. The van der Waals surface area contributed by atoms with Crippen LogP contribution in [0.5, 0.6) is 11.5 Å². The lowest BCUT2D eigenvalue weighted by Gasteiger charge is -2.31. The summed E-state index contributed by atoms with van der Waals surface area (Å²) in [5.74, 6) is 2.84. The molecule has 35 heavy (non-hydrogen) atoms. The van der Waals surface area contributed by atoms with Gasteiger partial charge in [-0.15, -0.1) is 6.58 Å². The van der Waals surface area contributed by atoms with Crippen LogP contribution in [0.3, 0.4) is 0 Å². The van der Waals surface area contributed by atoms with E-state index in [1.807, 2.05) is 42.5 Å². The largest absolute Gasteiger partial charge is 0.493 e. The number of aromatic nitrogens is 2. The lowest BCUT2D eigenvalue weighted by molar-refractivity contribution is -0.130. The second kappa shape index (κ2) is 10.5. The van der Waals surface area contributed by atoms with E-state index in [4.69, 9.17) is 14.5 Å². The van der Waals surface area contributed by atoms with E-state index in [2.05, 4.69) is 22.1 Å². The lowest BCUT2D eigenvalue weighted by atomic mass is 9.94. The number of nitrogens with zero attached hydrogens (tertiary/aromatic N) is 3. The minimum Gasteiger partial charge on any atom is -0.493 e. The number of benzene rings is 2. The molecule has 5 rings (SSSR count). The van der Waals surface area contributed by atoms with Crippen LogP contribution in [0.15, 0.2) is 55.1 Å². The molecule has 2 aromatic carbocycles. The molecule has 6 nitrogen and oxygen atoms in total. The molecular formula is C29H35N3O3. The van der Waals surface area contributed by atoms with Gasteiger partial charge in [0.25, 0.3) is 0 Å². The smallest absolute Gasteiger partial charge is 0.223 e. The van der Waals surface area contributed by atoms with Gasteiger partial charge in [0.05, 0.1) is 24.7 Å². The van der Waals surface area contributed by atoms with E-state index in [0.29, 0.717) is 25.6 Å². The van der Waals surface area contributed by atoms with Crippen LogP contribution in [0.2, 0.25) is 0 Å². The van der Waals surface area contributed by atoms with Crippen molar-refractivity contribution in [1.82, 2.24) is 14.5 Å². The molecule has 2 fully saturated rings. The number of carbonyl (C=O) groups excluding carboxylic acids is 1. The first-order chi connectivity index (χ1) is 17.2. The highest BCUT2D eigenvalue weighted by molar-refractivity contribution is 5.81. The number of para-hydroxylation sites is 2. The number of allylic oxidation sites excluding steroid dienone is 1. The molecule has 1 saturated heterocycles. The number of hydrogen-bond donors (Lipinski definition) is 0. The third-order valence-corrected chi connectivity index (χ3v) is 7.40. The number of amides is 1. The highest BCUT2D eigenvalue weighted by Gasteiger charge is 2.37. The molecule has 6 heteroatoms. The zero-order chi connectivity index (χ0) is 24.2. The minimum atomic E-state index is 0.115. The van der Waals surface area contributed by atoms with Gasteiger partial charge in [-0.3, -0.25) is 4.79 Å². The van der Waals surface area contributed by atoms with Gasteiger partial charge in [0.15, 0.2) is 11.5 Å². The summed E-state index contributed by atoms with van der Waals surface area (Å²) >= 11 is 0. The van der Waals surface area contributed by atoms with Crippen molar-refractivity contribution in [2.45, 2.75) is 63.5 Å². The van der Waals surface area contributed by atoms with Crippen LogP contribution >= 0.6 is 0 Å². The van der Waals surface area contributed by atoms with Crippen LogP contribution < -0.4 is 9.47 Å². The van der Waals surface area contributed by atoms with Crippen molar-refractivity contribution in [2.75, 3.05) is 20.3 Å². The number of imidazole rings is 1. The number of ether oxygens (including phenoxy) is 2. The molecule has 184 valence electrons. The molecule has 1 aromatic heterocycles. The van der Waals surface area contributed by atoms with Gasteiger partial charge in [0.2, 0.25) is 5.91 Å². The van der Waals surface area contributed by atoms with Crippen molar-refractivity contribution in [3.63, 3.8) is 0 Å². The fourth-order valence-electron chi connectivity index (χ4n) is 5.66. The number of likely N-dealkylation sites (tertiary alicyclic amines) is 1. The predicted molar refractivity (Wildman–Crippen MR) is 138 cm³/mol. The summed E-state index contributed by atoms with van der Waals surface area (Å²) < 4.78 is 14.0. The number of methoxy groups -OCH3 is 1. The molecular weight excluding hydrogens is 438 g/mol. The van der Waals surface area contributed by atoms with Gasteiger partial charge in [-0.25, -0.2) is 4.98 Å². The monoisotopic (exact) mass is 473 g/mol. The van der Waals surface area contributed by atoms with E-state index in [1.165, 1.54) is 19.3 Å².